The van der Waals surface area contributed by atoms with E-state index in [1.807, 2.05) is 0 Å². The van der Waals surface area contributed by atoms with Crippen LogP contribution in [0.15, 0.2) is 4.99 Å². The van der Waals surface area contributed by atoms with Gasteiger partial charge in [0.2, 0.25) is 0 Å². The van der Waals surface area contributed by atoms with Crippen LogP contribution >= 0.6 is 0 Å². The fourth-order valence-corrected chi connectivity index (χ4v) is 1.02. The Morgan fingerprint density at radius 3 is 2.36 bits per heavy atom. The summed E-state index contributed by atoms with van der Waals surface area (Å²) in [7, 11) is 0. The van der Waals surface area contributed by atoms with E-state index < -0.39 is 0 Å². The zero-order valence-corrected chi connectivity index (χ0v) is 9.80. The highest BCUT2D eigenvalue weighted by molar-refractivity contribution is 5.75. The average molecular weight is 200 g/mol. The van der Waals surface area contributed by atoms with Crippen molar-refractivity contribution < 1.29 is 0 Å². The first-order valence-corrected chi connectivity index (χ1v) is 5.07. The first-order valence-electron chi connectivity index (χ1n) is 5.07. The fraction of sp³-hybridized carbons (Fsp3) is 0.900. The Kier molecular flexibility index (Phi) is 5.53. The van der Waals surface area contributed by atoms with Gasteiger partial charge < -0.3 is 16.8 Å². The van der Waals surface area contributed by atoms with Gasteiger partial charge in [0.25, 0.3) is 0 Å². The molecule has 4 nitrogen and oxygen atoms in total. The standard InChI is InChI=1S/C10H24N4/c1-8(6-14-9(11)12)5-13-7-10(2,3)4/h8,13H,5-7H2,1-4H3,(H4,11,12,14)/t8-/m1/s1. The van der Waals surface area contributed by atoms with Gasteiger partial charge in [-0.1, -0.05) is 27.7 Å². The van der Waals surface area contributed by atoms with Gasteiger partial charge in [0.05, 0.1) is 0 Å². The molecule has 84 valence electrons. The minimum atomic E-state index is 0.174. The van der Waals surface area contributed by atoms with E-state index in [4.69, 9.17) is 11.5 Å². The highest BCUT2D eigenvalue weighted by Gasteiger charge is 2.09. The molecule has 0 saturated heterocycles. The summed E-state index contributed by atoms with van der Waals surface area (Å²) in [6.07, 6.45) is 0. The molecule has 0 heterocycles. The molecule has 0 unspecified atom stereocenters. The van der Waals surface area contributed by atoms with Crippen LogP contribution in [0.3, 0.4) is 0 Å². The molecule has 0 aromatic rings. The highest BCUT2D eigenvalue weighted by atomic mass is 15.0. The third-order valence-electron chi connectivity index (χ3n) is 1.73. The predicted molar refractivity (Wildman–Crippen MR) is 62.2 cm³/mol. The number of guanidine groups is 1. The summed E-state index contributed by atoms with van der Waals surface area (Å²) in [5.41, 5.74) is 10.8. The molecule has 0 amide bonds. The summed E-state index contributed by atoms with van der Waals surface area (Å²) in [4.78, 5) is 3.97. The average Bonchev–Trinajstić information content (AvgIpc) is 1.98. The molecule has 0 fully saturated rings. The zero-order chi connectivity index (χ0) is 11.2. The molecule has 0 bridgehead atoms. The minimum absolute atomic E-state index is 0.174. The van der Waals surface area contributed by atoms with Crippen LogP contribution in [0.25, 0.3) is 0 Å². The lowest BCUT2D eigenvalue weighted by Crippen LogP contribution is -2.32. The van der Waals surface area contributed by atoms with E-state index in [2.05, 4.69) is 38.0 Å². The van der Waals surface area contributed by atoms with E-state index in [-0.39, 0.29) is 5.96 Å². The van der Waals surface area contributed by atoms with E-state index >= 15 is 0 Å². The lowest BCUT2D eigenvalue weighted by molar-refractivity contribution is 0.365. The molecule has 0 aliphatic carbocycles. The first-order chi connectivity index (χ1) is 6.31. The van der Waals surface area contributed by atoms with Gasteiger partial charge in [-0.25, -0.2) is 0 Å². The molecule has 0 aromatic heterocycles. The second kappa shape index (κ2) is 5.86. The van der Waals surface area contributed by atoms with Gasteiger partial charge in [0.15, 0.2) is 5.96 Å². The Balaban J connectivity index is 3.55. The van der Waals surface area contributed by atoms with E-state index in [1.54, 1.807) is 0 Å². The first kappa shape index (κ1) is 13.2. The topological polar surface area (TPSA) is 76.4 Å². The summed E-state index contributed by atoms with van der Waals surface area (Å²) in [5, 5.41) is 3.40. The molecule has 0 aliphatic heterocycles. The fourth-order valence-electron chi connectivity index (χ4n) is 1.02. The Hall–Kier alpha value is -0.770. The molecule has 0 saturated carbocycles. The summed E-state index contributed by atoms with van der Waals surface area (Å²) < 4.78 is 0. The number of hydrogen-bond donors (Lipinski definition) is 3. The van der Waals surface area contributed by atoms with Crippen molar-refractivity contribution in [3.8, 4) is 0 Å². The van der Waals surface area contributed by atoms with Crippen molar-refractivity contribution >= 4 is 5.96 Å². The van der Waals surface area contributed by atoms with Crippen molar-refractivity contribution in [2.45, 2.75) is 27.7 Å². The Bertz CT molecular complexity index is 177. The molecule has 0 aromatic carbocycles. The Morgan fingerprint density at radius 1 is 1.36 bits per heavy atom. The third kappa shape index (κ3) is 9.32. The van der Waals surface area contributed by atoms with E-state index in [1.165, 1.54) is 0 Å². The molecular weight excluding hydrogens is 176 g/mol. The van der Waals surface area contributed by atoms with Crippen LogP contribution in [-0.4, -0.2) is 25.6 Å². The summed E-state index contributed by atoms with van der Waals surface area (Å²) in [6.45, 7) is 11.4. The van der Waals surface area contributed by atoms with Crippen molar-refractivity contribution in [1.29, 1.82) is 0 Å². The number of hydrogen-bond acceptors (Lipinski definition) is 2. The van der Waals surface area contributed by atoms with Crippen LogP contribution in [0.5, 0.6) is 0 Å². The molecular formula is C10H24N4. The summed E-state index contributed by atoms with van der Waals surface area (Å²) in [6, 6.07) is 0. The number of rotatable bonds is 5. The molecule has 14 heavy (non-hydrogen) atoms. The Morgan fingerprint density at radius 2 is 1.93 bits per heavy atom. The zero-order valence-electron chi connectivity index (χ0n) is 9.80. The smallest absolute Gasteiger partial charge is 0.185 e. The van der Waals surface area contributed by atoms with Gasteiger partial charge in [-0.2, -0.15) is 0 Å². The number of nitrogens with two attached hydrogens (primary N) is 2. The normalized spacial score (nSPS) is 13.7. The lowest BCUT2D eigenvalue weighted by Gasteiger charge is -2.20. The third-order valence-corrected chi connectivity index (χ3v) is 1.73. The molecule has 1 atom stereocenters. The van der Waals surface area contributed by atoms with Crippen molar-refractivity contribution in [2.24, 2.45) is 27.8 Å². The van der Waals surface area contributed by atoms with E-state index in [0.29, 0.717) is 17.9 Å². The number of nitrogens with zero attached hydrogens (tertiary/aromatic N) is 1. The molecule has 4 heteroatoms. The van der Waals surface area contributed by atoms with Gasteiger partial charge in [0.1, 0.15) is 0 Å². The van der Waals surface area contributed by atoms with Crippen LogP contribution in [0.4, 0.5) is 0 Å². The molecule has 5 N–H and O–H groups in total. The summed E-state index contributed by atoms with van der Waals surface area (Å²) >= 11 is 0. The van der Waals surface area contributed by atoms with Gasteiger partial charge in [-0.05, 0) is 17.9 Å². The van der Waals surface area contributed by atoms with Crippen molar-refractivity contribution in [3.63, 3.8) is 0 Å². The molecule has 0 radical (unpaired) electrons. The van der Waals surface area contributed by atoms with E-state index in [0.717, 1.165) is 13.1 Å². The maximum atomic E-state index is 5.25. The second-order valence-corrected chi connectivity index (χ2v) is 5.06. The van der Waals surface area contributed by atoms with Crippen LogP contribution in [0.2, 0.25) is 0 Å². The minimum Gasteiger partial charge on any atom is -0.370 e. The highest BCUT2D eigenvalue weighted by Crippen LogP contribution is 2.10. The van der Waals surface area contributed by atoms with Crippen LogP contribution in [-0.2, 0) is 0 Å². The largest absolute Gasteiger partial charge is 0.370 e. The van der Waals surface area contributed by atoms with Crippen molar-refractivity contribution in [1.82, 2.24) is 5.32 Å². The maximum Gasteiger partial charge on any atom is 0.185 e. The maximum absolute atomic E-state index is 5.25. The molecule has 0 aliphatic rings. The van der Waals surface area contributed by atoms with Crippen molar-refractivity contribution in [3.05, 3.63) is 0 Å². The quantitative estimate of drug-likeness (QED) is 0.447. The van der Waals surface area contributed by atoms with Crippen molar-refractivity contribution in [2.75, 3.05) is 19.6 Å². The molecule has 0 rings (SSSR count). The predicted octanol–water partition coefficient (Wildman–Crippen LogP) is 0.532. The van der Waals surface area contributed by atoms with Crippen LogP contribution in [0, 0.1) is 11.3 Å². The number of aliphatic imine (C=N–C) groups is 1. The Labute approximate surface area is 87.1 Å². The molecule has 0 spiro atoms. The van der Waals surface area contributed by atoms with Crippen LogP contribution < -0.4 is 16.8 Å². The van der Waals surface area contributed by atoms with Gasteiger partial charge in [-0.3, -0.25) is 4.99 Å². The van der Waals surface area contributed by atoms with Gasteiger partial charge >= 0.3 is 0 Å². The SMILES string of the molecule is C[C@@H](CN=C(N)N)CNCC(C)(C)C. The van der Waals surface area contributed by atoms with Gasteiger partial charge in [0, 0.05) is 13.1 Å². The van der Waals surface area contributed by atoms with Crippen LogP contribution in [0.1, 0.15) is 27.7 Å². The van der Waals surface area contributed by atoms with E-state index in [9.17, 15) is 0 Å². The van der Waals surface area contributed by atoms with Gasteiger partial charge in [-0.15, -0.1) is 0 Å². The lowest BCUT2D eigenvalue weighted by atomic mass is 9.97. The number of nitrogens with one attached hydrogen (secondary N) is 1. The second-order valence-electron chi connectivity index (χ2n) is 5.06. The summed E-state index contributed by atoms with van der Waals surface area (Å²) in [5.74, 6) is 0.645. The monoisotopic (exact) mass is 200 g/mol.